The lowest BCUT2D eigenvalue weighted by Crippen LogP contribution is -2.49. The van der Waals surface area contributed by atoms with E-state index in [9.17, 15) is 0 Å². The second-order valence-electron chi connectivity index (χ2n) is 6.52. The van der Waals surface area contributed by atoms with Crippen molar-refractivity contribution in [2.45, 2.75) is 26.9 Å². The van der Waals surface area contributed by atoms with Crippen LogP contribution in [-0.4, -0.2) is 58.0 Å². The van der Waals surface area contributed by atoms with Gasteiger partial charge in [-0.25, -0.2) is 0 Å². The van der Waals surface area contributed by atoms with Crippen LogP contribution >= 0.6 is 12.2 Å². The first-order chi connectivity index (χ1) is 12.6. The minimum Gasteiger partial charge on any atom is -0.497 e. The van der Waals surface area contributed by atoms with Crippen molar-refractivity contribution in [3.05, 3.63) is 41.7 Å². The van der Waals surface area contributed by atoms with Gasteiger partial charge in [0.05, 0.1) is 12.8 Å². The van der Waals surface area contributed by atoms with Crippen molar-refractivity contribution in [1.82, 2.24) is 19.6 Å². The molecule has 2 heterocycles. The number of nitrogens with one attached hydrogen (secondary N) is 1. The number of thiocarbonyl (C=S) groups is 1. The number of rotatable bonds is 5. The molecule has 6 nitrogen and oxygen atoms in total. The van der Waals surface area contributed by atoms with Crippen molar-refractivity contribution in [1.29, 1.82) is 0 Å². The molecule has 0 bridgehead atoms. The van der Waals surface area contributed by atoms with Crippen molar-refractivity contribution < 1.29 is 4.74 Å². The molecular formula is C19H27N5OS. The van der Waals surface area contributed by atoms with E-state index in [2.05, 4.69) is 40.3 Å². The fourth-order valence-corrected chi connectivity index (χ4v) is 3.43. The predicted molar refractivity (Wildman–Crippen MR) is 109 cm³/mol. The van der Waals surface area contributed by atoms with Crippen LogP contribution < -0.4 is 10.1 Å². The van der Waals surface area contributed by atoms with Crippen LogP contribution in [0, 0.1) is 6.92 Å². The van der Waals surface area contributed by atoms with E-state index in [0.717, 1.165) is 61.5 Å². The molecule has 7 heteroatoms. The average Bonchev–Trinajstić information content (AvgIpc) is 3.02. The van der Waals surface area contributed by atoms with E-state index >= 15 is 0 Å². The Hall–Kier alpha value is -2.12. The van der Waals surface area contributed by atoms with Gasteiger partial charge in [-0.2, -0.15) is 5.10 Å². The quantitative estimate of drug-likeness (QED) is 0.813. The largest absolute Gasteiger partial charge is 0.497 e. The smallest absolute Gasteiger partial charge is 0.173 e. The normalized spacial score (nSPS) is 15.1. The summed E-state index contributed by atoms with van der Waals surface area (Å²) in [5, 5.41) is 8.62. The van der Waals surface area contributed by atoms with Gasteiger partial charge in [0.1, 0.15) is 5.75 Å². The number of benzene rings is 1. The van der Waals surface area contributed by atoms with E-state index in [1.165, 1.54) is 5.56 Å². The van der Waals surface area contributed by atoms with Gasteiger partial charge in [0.15, 0.2) is 5.11 Å². The number of aryl methyl sites for hydroxylation is 2. The Labute approximate surface area is 160 Å². The highest BCUT2D eigenvalue weighted by Crippen LogP contribution is 2.18. The second-order valence-corrected chi connectivity index (χ2v) is 6.91. The van der Waals surface area contributed by atoms with Gasteiger partial charge in [0, 0.05) is 62.8 Å². The van der Waals surface area contributed by atoms with Gasteiger partial charge in [-0.05, 0) is 38.2 Å². The Bertz CT molecular complexity index is 752. The summed E-state index contributed by atoms with van der Waals surface area (Å²) in [4.78, 5) is 4.70. The van der Waals surface area contributed by atoms with Gasteiger partial charge in [0.2, 0.25) is 0 Å². The fourth-order valence-electron chi connectivity index (χ4n) is 3.13. The summed E-state index contributed by atoms with van der Waals surface area (Å²) >= 11 is 5.59. The maximum absolute atomic E-state index is 5.59. The molecule has 0 amide bonds. The van der Waals surface area contributed by atoms with Crippen LogP contribution in [0.25, 0.3) is 0 Å². The van der Waals surface area contributed by atoms with Crippen LogP contribution in [0.2, 0.25) is 0 Å². The zero-order valence-electron chi connectivity index (χ0n) is 15.7. The molecule has 1 aliphatic rings. The lowest BCUT2D eigenvalue weighted by atomic mass is 10.2. The highest BCUT2D eigenvalue weighted by atomic mass is 32.1. The first-order valence-electron chi connectivity index (χ1n) is 9.04. The molecule has 3 rings (SSSR count). The number of hydrogen-bond acceptors (Lipinski definition) is 4. The molecule has 0 radical (unpaired) electrons. The molecule has 0 saturated carbocycles. The topological polar surface area (TPSA) is 45.6 Å². The monoisotopic (exact) mass is 373 g/mol. The van der Waals surface area contributed by atoms with Gasteiger partial charge in [-0.15, -0.1) is 0 Å². The van der Waals surface area contributed by atoms with E-state index < -0.39 is 0 Å². The molecule has 1 N–H and O–H groups in total. The number of piperazine rings is 1. The van der Waals surface area contributed by atoms with Crippen LogP contribution in [-0.2, 0) is 13.1 Å². The van der Waals surface area contributed by atoms with Gasteiger partial charge in [0.25, 0.3) is 0 Å². The molecule has 1 fully saturated rings. The Kier molecular flexibility index (Phi) is 6.11. The SMILES string of the molecule is CCn1cc(CN2CCN(C(=S)Nc3cccc(OC)c3)CC2)c(C)n1. The van der Waals surface area contributed by atoms with Crippen molar-refractivity contribution in [2.24, 2.45) is 0 Å². The molecule has 2 aromatic rings. The third-order valence-corrected chi connectivity index (χ3v) is 5.11. The summed E-state index contributed by atoms with van der Waals surface area (Å²) in [6.07, 6.45) is 2.16. The van der Waals surface area contributed by atoms with Crippen molar-refractivity contribution in [3.63, 3.8) is 0 Å². The predicted octanol–water partition coefficient (Wildman–Crippen LogP) is 2.73. The Morgan fingerprint density at radius 2 is 2.04 bits per heavy atom. The van der Waals surface area contributed by atoms with E-state index in [0.29, 0.717) is 0 Å². The average molecular weight is 374 g/mol. The molecule has 0 spiro atoms. The van der Waals surface area contributed by atoms with Gasteiger partial charge < -0.3 is 15.0 Å². The molecule has 0 atom stereocenters. The maximum atomic E-state index is 5.59. The minimum absolute atomic E-state index is 0.771. The van der Waals surface area contributed by atoms with Crippen molar-refractivity contribution >= 4 is 23.0 Å². The molecule has 0 aliphatic carbocycles. The zero-order chi connectivity index (χ0) is 18.5. The first kappa shape index (κ1) is 18.7. The van der Waals surface area contributed by atoms with Gasteiger partial charge >= 0.3 is 0 Å². The third kappa shape index (κ3) is 4.53. The number of methoxy groups -OCH3 is 1. The van der Waals surface area contributed by atoms with Crippen LogP contribution in [0.5, 0.6) is 5.75 Å². The first-order valence-corrected chi connectivity index (χ1v) is 9.45. The number of aromatic nitrogens is 2. The van der Waals surface area contributed by atoms with Crippen LogP contribution in [0.15, 0.2) is 30.5 Å². The molecule has 1 aromatic heterocycles. The van der Waals surface area contributed by atoms with Gasteiger partial charge in [-0.3, -0.25) is 9.58 Å². The fraction of sp³-hybridized carbons (Fsp3) is 0.474. The summed E-state index contributed by atoms with van der Waals surface area (Å²) in [6, 6.07) is 7.84. The molecule has 0 unspecified atom stereocenters. The summed E-state index contributed by atoms with van der Waals surface area (Å²) in [5.41, 5.74) is 3.40. The number of hydrogen-bond donors (Lipinski definition) is 1. The van der Waals surface area contributed by atoms with E-state index in [-0.39, 0.29) is 0 Å². The van der Waals surface area contributed by atoms with E-state index in [1.54, 1.807) is 7.11 Å². The standard InChI is InChI=1S/C19H27N5OS/c1-4-24-14-16(15(2)21-24)13-22-8-10-23(11-9-22)19(26)20-17-6-5-7-18(12-17)25-3/h5-7,12,14H,4,8-11,13H2,1-3H3,(H,20,26). The minimum atomic E-state index is 0.771. The maximum Gasteiger partial charge on any atom is 0.173 e. The Morgan fingerprint density at radius 1 is 1.27 bits per heavy atom. The van der Waals surface area contributed by atoms with E-state index in [4.69, 9.17) is 17.0 Å². The molecular weight excluding hydrogens is 346 g/mol. The lowest BCUT2D eigenvalue weighted by molar-refractivity contribution is 0.176. The Morgan fingerprint density at radius 3 is 2.69 bits per heavy atom. The molecule has 26 heavy (non-hydrogen) atoms. The zero-order valence-corrected chi connectivity index (χ0v) is 16.6. The summed E-state index contributed by atoms with van der Waals surface area (Å²) in [6.45, 7) is 9.92. The molecule has 1 aromatic carbocycles. The van der Waals surface area contributed by atoms with Crippen LogP contribution in [0.4, 0.5) is 5.69 Å². The number of nitrogens with zero attached hydrogens (tertiary/aromatic N) is 4. The van der Waals surface area contributed by atoms with E-state index in [1.807, 2.05) is 28.9 Å². The third-order valence-electron chi connectivity index (χ3n) is 4.75. The highest BCUT2D eigenvalue weighted by Gasteiger charge is 2.20. The van der Waals surface area contributed by atoms with Gasteiger partial charge in [-0.1, -0.05) is 6.07 Å². The summed E-state index contributed by atoms with van der Waals surface area (Å²) in [7, 11) is 1.67. The summed E-state index contributed by atoms with van der Waals surface area (Å²) in [5.74, 6) is 0.825. The Balaban J connectivity index is 1.51. The summed E-state index contributed by atoms with van der Waals surface area (Å²) < 4.78 is 7.27. The van der Waals surface area contributed by atoms with Crippen molar-refractivity contribution in [2.75, 3.05) is 38.6 Å². The number of ether oxygens (including phenoxy) is 1. The van der Waals surface area contributed by atoms with Crippen LogP contribution in [0.1, 0.15) is 18.2 Å². The molecule has 140 valence electrons. The van der Waals surface area contributed by atoms with Crippen LogP contribution in [0.3, 0.4) is 0 Å². The number of anilines is 1. The molecule has 1 saturated heterocycles. The van der Waals surface area contributed by atoms with Crippen molar-refractivity contribution in [3.8, 4) is 5.75 Å². The molecule has 1 aliphatic heterocycles. The lowest BCUT2D eigenvalue weighted by Gasteiger charge is -2.36. The second kappa shape index (κ2) is 8.51. The highest BCUT2D eigenvalue weighted by molar-refractivity contribution is 7.80.